The van der Waals surface area contributed by atoms with Crippen LogP contribution in [0.4, 0.5) is 0 Å². The lowest BCUT2D eigenvalue weighted by molar-refractivity contribution is 0.0941. The standard InChI is InChI=1S/C23H32N6O/c1-23(2,3)21-13-20(29(7)26-21)22(30)24-14-16-8-10-17(11-9-16)19-12-18(15-27(4)5)28(6)25-19/h8-13H,14-15H2,1-7H3,(H,24,30). The molecule has 0 aliphatic heterocycles. The highest BCUT2D eigenvalue weighted by molar-refractivity contribution is 5.92. The lowest BCUT2D eigenvalue weighted by Crippen LogP contribution is -2.25. The summed E-state index contributed by atoms with van der Waals surface area (Å²) in [6.45, 7) is 7.57. The smallest absolute Gasteiger partial charge is 0.269 e. The predicted octanol–water partition coefficient (Wildman–Crippen LogP) is 3.11. The SMILES string of the molecule is CN(C)Cc1cc(-c2ccc(CNC(=O)c3cc(C(C)(C)C)nn3C)cc2)nn1C. The van der Waals surface area contributed by atoms with Gasteiger partial charge in [0.25, 0.3) is 5.91 Å². The van der Waals surface area contributed by atoms with Crippen LogP contribution in [-0.2, 0) is 32.6 Å². The van der Waals surface area contributed by atoms with Crippen LogP contribution in [0.25, 0.3) is 11.3 Å². The van der Waals surface area contributed by atoms with Crippen LogP contribution in [0.5, 0.6) is 0 Å². The number of amides is 1. The Hall–Kier alpha value is -2.93. The van der Waals surface area contributed by atoms with Gasteiger partial charge < -0.3 is 10.2 Å². The zero-order valence-corrected chi connectivity index (χ0v) is 19.0. The molecule has 0 fully saturated rings. The Morgan fingerprint density at radius 3 is 2.27 bits per heavy atom. The van der Waals surface area contributed by atoms with E-state index in [0.717, 1.165) is 34.8 Å². The van der Waals surface area contributed by atoms with E-state index in [-0.39, 0.29) is 11.3 Å². The fraction of sp³-hybridized carbons (Fsp3) is 0.435. The number of nitrogens with zero attached hydrogens (tertiary/aromatic N) is 5. The summed E-state index contributed by atoms with van der Waals surface area (Å²) in [6, 6.07) is 12.1. The number of carbonyl (C=O) groups excluding carboxylic acids is 1. The van der Waals surface area contributed by atoms with Crippen LogP contribution >= 0.6 is 0 Å². The third-order valence-corrected chi connectivity index (χ3v) is 5.04. The highest BCUT2D eigenvalue weighted by Gasteiger charge is 2.21. The Kier molecular flexibility index (Phi) is 6.12. The molecule has 1 amide bonds. The number of aryl methyl sites for hydroxylation is 2. The van der Waals surface area contributed by atoms with E-state index in [1.807, 2.05) is 56.2 Å². The summed E-state index contributed by atoms with van der Waals surface area (Å²) >= 11 is 0. The minimum Gasteiger partial charge on any atom is -0.347 e. The second kappa shape index (κ2) is 8.44. The van der Waals surface area contributed by atoms with E-state index in [0.29, 0.717) is 12.2 Å². The normalized spacial score (nSPS) is 11.9. The highest BCUT2D eigenvalue weighted by atomic mass is 16.2. The van der Waals surface area contributed by atoms with Gasteiger partial charge in [-0.3, -0.25) is 14.2 Å². The van der Waals surface area contributed by atoms with Crippen LogP contribution in [-0.4, -0.2) is 44.5 Å². The maximum atomic E-state index is 12.6. The minimum atomic E-state index is -0.123. The van der Waals surface area contributed by atoms with Crippen molar-refractivity contribution in [3.05, 3.63) is 59.0 Å². The van der Waals surface area contributed by atoms with Gasteiger partial charge in [0.1, 0.15) is 5.69 Å². The number of hydrogen-bond acceptors (Lipinski definition) is 4. The Morgan fingerprint density at radius 1 is 1.03 bits per heavy atom. The number of carbonyl (C=O) groups is 1. The van der Waals surface area contributed by atoms with Crippen molar-refractivity contribution in [2.75, 3.05) is 14.1 Å². The third-order valence-electron chi connectivity index (χ3n) is 5.04. The summed E-state index contributed by atoms with van der Waals surface area (Å²) in [7, 11) is 7.86. The summed E-state index contributed by atoms with van der Waals surface area (Å²) in [4.78, 5) is 14.7. The average molecular weight is 409 g/mol. The summed E-state index contributed by atoms with van der Waals surface area (Å²) in [5, 5.41) is 12.1. The topological polar surface area (TPSA) is 68.0 Å². The first kappa shape index (κ1) is 21.8. The Bertz CT molecular complexity index is 1020. The molecule has 0 saturated carbocycles. The maximum absolute atomic E-state index is 12.6. The van der Waals surface area contributed by atoms with E-state index in [9.17, 15) is 4.79 Å². The van der Waals surface area contributed by atoms with Crippen molar-refractivity contribution < 1.29 is 4.79 Å². The minimum absolute atomic E-state index is 0.0932. The molecular weight excluding hydrogens is 376 g/mol. The molecule has 7 nitrogen and oxygen atoms in total. The van der Waals surface area contributed by atoms with Crippen LogP contribution in [0.2, 0.25) is 0 Å². The molecule has 1 aromatic carbocycles. The fourth-order valence-electron chi connectivity index (χ4n) is 3.23. The van der Waals surface area contributed by atoms with E-state index in [1.54, 1.807) is 11.7 Å². The molecule has 0 atom stereocenters. The van der Waals surface area contributed by atoms with E-state index < -0.39 is 0 Å². The summed E-state index contributed by atoms with van der Waals surface area (Å²) in [6.07, 6.45) is 0. The zero-order valence-electron chi connectivity index (χ0n) is 19.0. The molecule has 0 spiro atoms. The van der Waals surface area contributed by atoms with Crippen molar-refractivity contribution in [1.29, 1.82) is 0 Å². The third kappa shape index (κ3) is 4.97. The molecule has 0 aliphatic carbocycles. The van der Waals surface area contributed by atoms with Crippen LogP contribution in [0.3, 0.4) is 0 Å². The van der Waals surface area contributed by atoms with Crippen molar-refractivity contribution in [2.24, 2.45) is 14.1 Å². The molecule has 1 N–H and O–H groups in total. The van der Waals surface area contributed by atoms with Crippen LogP contribution in [0.15, 0.2) is 36.4 Å². The van der Waals surface area contributed by atoms with Crippen molar-refractivity contribution >= 4 is 5.91 Å². The van der Waals surface area contributed by atoms with Gasteiger partial charge in [0.2, 0.25) is 0 Å². The predicted molar refractivity (Wildman–Crippen MR) is 119 cm³/mol. The average Bonchev–Trinajstić information content (AvgIpc) is 3.23. The monoisotopic (exact) mass is 408 g/mol. The molecule has 0 radical (unpaired) electrons. The molecule has 0 bridgehead atoms. The van der Waals surface area contributed by atoms with Crippen molar-refractivity contribution in [3.8, 4) is 11.3 Å². The quantitative estimate of drug-likeness (QED) is 0.681. The van der Waals surface area contributed by atoms with Crippen LogP contribution in [0, 0.1) is 0 Å². The van der Waals surface area contributed by atoms with Gasteiger partial charge in [-0.05, 0) is 31.8 Å². The second-order valence-corrected chi connectivity index (χ2v) is 9.05. The molecule has 3 rings (SSSR count). The van der Waals surface area contributed by atoms with Gasteiger partial charge in [-0.15, -0.1) is 0 Å². The first-order valence-electron chi connectivity index (χ1n) is 10.1. The number of hydrogen-bond donors (Lipinski definition) is 1. The number of rotatable bonds is 6. The lowest BCUT2D eigenvalue weighted by atomic mass is 9.92. The van der Waals surface area contributed by atoms with Crippen molar-refractivity contribution in [3.63, 3.8) is 0 Å². The molecule has 3 aromatic rings. The maximum Gasteiger partial charge on any atom is 0.269 e. The summed E-state index contributed by atoms with van der Waals surface area (Å²) in [5.74, 6) is -0.123. The molecule has 2 aromatic heterocycles. The summed E-state index contributed by atoms with van der Waals surface area (Å²) < 4.78 is 3.56. The fourth-order valence-corrected chi connectivity index (χ4v) is 3.23. The first-order valence-corrected chi connectivity index (χ1v) is 10.1. The molecule has 7 heteroatoms. The summed E-state index contributed by atoms with van der Waals surface area (Å²) in [5.41, 5.74) is 5.60. The molecule has 2 heterocycles. The molecular formula is C23H32N6O. The highest BCUT2D eigenvalue weighted by Crippen LogP contribution is 2.22. The van der Waals surface area contributed by atoms with Gasteiger partial charge in [-0.1, -0.05) is 45.0 Å². The van der Waals surface area contributed by atoms with E-state index in [2.05, 4.69) is 47.3 Å². The Labute approximate surface area is 178 Å². The molecule has 0 aliphatic rings. The molecule has 0 saturated heterocycles. The molecule has 0 unspecified atom stereocenters. The lowest BCUT2D eigenvalue weighted by Gasteiger charge is -2.13. The van der Waals surface area contributed by atoms with E-state index in [1.165, 1.54) is 0 Å². The van der Waals surface area contributed by atoms with Crippen molar-refractivity contribution in [2.45, 2.75) is 39.3 Å². The van der Waals surface area contributed by atoms with Gasteiger partial charge >= 0.3 is 0 Å². The molecule has 30 heavy (non-hydrogen) atoms. The van der Waals surface area contributed by atoms with Crippen molar-refractivity contribution in [1.82, 2.24) is 29.8 Å². The van der Waals surface area contributed by atoms with Crippen LogP contribution in [0.1, 0.15) is 48.2 Å². The second-order valence-electron chi connectivity index (χ2n) is 9.05. The van der Waals surface area contributed by atoms with Gasteiger partial charge in [0, 0.05) is 38.2 Å². The Morgan fingerprint density at radius 2 is 1.70 bits per heavy atom. The first-order chi connectivity index (χ1) is 14.0. The van der Waals surface area contributed by atoms with Gasteiger partial charge in [-0.25, -0.2) is 0 Å². The zero-order chi connectivity index (χ0) is 22.1. The van der Waals surface area contributed by atoms with E-state index in [4.69, 9.17) is 0 Å². The van der Waals surface area contributed by atoms with E-state index >= 15 is 0 Å². The molecule has 160 valence electrons. The number of aromatic nitrogens is 4. The van der Waals surface area contributed by atoms with Gasteiger partial charge in [0.05, 0.1) is 17.1 Å². The Balaban J connectivity index is 1.65. The largest absolute Gasteiger partial charge is 0.347 e. The number of benzene rings is 1. The van der Waals surface area contributed by atoms with Gasteiger partial charge in [-0.2, -0.15) is 10.2 Å². The van der Waals surface area contributed by atoms with Crippen LogP contribution < -0.4 is 5.32 Å². The van der Waals surface area contributed by atoms with Gasteiger partial charge in [0.15, 0.2) is 0 Å². The number of nitrogens with one attached hydrogen (secondary N) is 1.